The van der Waals surface area contributed by atoms with Crippen LogP contribution in [0.25, 0.3) is 10.9 Å². The smallest absolute Gasteiger partial charge is 0.370 e. The van der Waals surface area contributed by atoms with E-state index in [1.807, 2.05) is 12.1 Å². The third kappa shape index (κ3) is 4.27. The van der Waals surface area contributed by atoms with Crippen molar-refractivity contribution in [1.29, 1.82) is 5.26 Å². The van der Waals surface area contributed by atoms with Gasteiger partial charge in [0.15, 0.2) is 5.82 Å². The van der Waals surface area contributed by atoms with Gasteiger partial charge in [-0.15, -0.1) is 10.2 Å². The molecule has 1 aliphatic carbocycles. The van der Waals surface area contributed by atoms with Gasteiger partial charge in [0.05, 0.1) is 23.3 Å². The Morgan fingerprint density at radius 1 is 1.14 bits per heavy atom. The summed E-state index contributed by atoms with van der Waals surface area (Å²) < 4.78 is 40.7. The molecule has 0 bridgehead atoms. The maximum Gasteiger partial charge on any atom is 0.451 e. The molecule has 3 aliphatic rings. The zero-order valence-corrected chi connectivity index (χ0v) is 20.5. The minimum absolute atomic E-state index is 0.0190. The molecule has 0 N–H and O–H groups in total. The Morgan fingerprint density at radius 2 is 1.95 bits per heavy atom. The van der Waals surface area contributed by atoms with Crippen LogP contribution < -0.4 is 4.90 Å². The molecule has 1 aromatic carbocycles. The fourth-order valence-electron chi connectivity index (χ4n) is 5.86. The van der Waals surface area contributed by atoms with E-state index in [4.69, 9.17) is 11.6 Å². The van der Waals surface area contributed by atoms with Crippen LogP contribution in [0.15, 0.2) is 24.4 Å². The lowest BCUT2D eigenvalue weighted by Gasteiger charge is -2.42. The highest BCUT2D eigenvalue weighted by Gasteiger charge is 2.46. The monoisotopic (exact) mass is 529 g/mol. The normalized spacial score (nSPS) is 22.1. The summed E-state index contributed by atoms with van der Waals surface area (Å²) in [5, 5.41) is 18.2. The minimum atomic E-state index is -4.58. The summed E-state index contributed by atoms with van der Waals surface area (Å²) in [5.74, 6) is -0.641. The lowest BCUT2D eigenvalue weighted by molar-refractivity contribution is -0.148. The largest absolute Gasteiger partial charge is 0.451 e. The molecule has 2 atom stereocenters. The van der Waals surface area contributed by atoms with Gasteiger partial charge in [0, 0.05) is 48.7 Å². The minimum Gasteiger partial charge on any atom is -0.370 e. The number of anilines is 1. The first-order valence-electron chi connectivity index (χ1n) is 12.3. The Kier molecular flexibility index (Phi) is 5.75. The molecule has 37 heavy (non-hydrogen) atoms. The van der Waals surface area contributed by atoms with Gasteiger partial charge in [-0.25, -0.2) is 0 Å². The van der Waals surface area contributed by atoms with E-state index in [9.17, 15) is 23.2 Å². The molecule has 1 saturated heterocycles. The number of carbonyl (C=O) groups is 1. The Balaban J connectivity index is 1.25. The van der Waals surface area contributed by atoms with Gasteiger partial charge in [-0.3, -0.25) is 9.78 Å². The second-order valence-electron chi connectivity index (χ2n) is 9.99. The van der Waals surface area contributed by atoms with Crippen LogP contribution in [-0.2, 0) is 24.1 Å². The first-order chi connectivity index (χ1) is 17.7. The second kappa shape index (κ2) is 8.87. The molecule has 0 radical (unpaired) electrons. The van der Waals surface area contributed by atoms with Crippen molar-refractivity contribution in [2.45, 2.75) is 38.5 Å². The molecule has 192 valence electrons. The molecule has 0 spiro atoms. The number of piperidine rings is 1. The van der Waals surface area contributed by atoms with E-state index in [2.05, 4.69) is 26.2 Å². The molecule has 1 amide bonds. The topological polar surface area (TPSA) is 90.9 Å². The molecule has 1 saturated carbocycles. The molecule has 2 aromatic heterocycles. The Morgan fingerprint density at radius 3 is 2.68 bits per heavy atom. The van der Waals surface area contributed by atoms with Crippen molar-refractivity contribution in [2.24, 2.45) is 17.8 Å². The van der Waals surface area contributed by atoms with Gasteiger partial charge in [0.25, 0.3) is 0 Å². The highest BCUT2D eigenvalue weighted by molar-refractivity contribution is 6.31. The van der Waals surface area contributed by atoms with E-state index in [1.165, 1.54) is 0 Å². The van der Waals surface area contributed by atoms with E-state index in [-0.39, 0.29) is 43.2 Å². The fourth-order valence-corrected chi connectivity index (χ4v) is 6.03. The van der Waals surface area contributed by atoms with Crippen molar-refractivity contribution in [1.82, 2.24) is 24.6 Å². The van der Waals surface area contributed by atoms with Crippen LogP contribution in [0.4, 0.5) is 18.9 Å². The molecule has 1 unspecified atom stereocenters. The van der Waals surface area contributed by atoms with Gasteiger partial charge in [-0.05, 0) is 49.3 Å². The number of nitriles is 1. The van der Waals surface area contributed by atoms with Crippen molar-refractivity contribution in [3.8, 4) is 6.07 Å². The first-order valence-corrected chi connectivity index (χ1v) is 12.6. The summed E-state index contributed by atoms with van der Waals surface area (Å²) in [5.41, 5.74) is 2.00. The van der Waals surface area contributed by atoms with Crippen LogP contribution in [0.5, 0.6) is 0 Å². The summed E-state index contributed by atoms with van der Waals surface area (Å²) in [4.78, 5) is 21.9. The van der Waals surface area contributed by atoms with Crippen LogP contribution in [0.2, 0.25) is 5.02 Å². The van der Waals surface area contributed by atoms with Gasteiger partial charge in [0.1, 0.15) is 6.07 Å². The van der Waals surface area contributed by atoms with Gasteiger partial charge < -0.3 is 14.4 Å². The molecule has 12 heteroatoms. The zero-order valence-electron chi connectivity index (χ0n) is 19.7. The van der Waals surface area contributed by atoms with Crippen LogP contribution >= 0.6 is 11.6 Å². The summed E-state index contributed by atoms with van der Waals surface area (Å²) >= 11 is 6.27. The molecule has 2 aliphatic heterocycles. The predicted molar refractivity (Wildman–Crippen MR) is 128 cm³/mol. The Labute approximate surface area is 215 Å². The number of benzene rings is 1. The molecule has 8 nitrogen and oxygen atoms in total. The van der Waals surface area contributed by atoms with Gasteiger partial charge >= 0.3 is 6.18 Å². The third-order valence-corrected chi connectivity index (χ3v) is 7.99. The Bertz CT molecular complexity index is 1430. The van der Waals surface area contributed by atoms with Crippen molar-refractivity contribution in [3.05, 3.63) is 46.6 Å². The number of hydrogen-bond donors (Lipinski definition) is 0. The van der Waals surface area contributed by atoms with Crippen LogP contribution in [0.1, 0.15) is 36.5 Å². The zero-order chi connectivity index (χ0) is 25.9. The lowest BCUT2D eigenvalue weighted by Crippen LogP contribution is -2.50. The summed E-state index contributed by atoms with van der Waals surface area (Å²) in [6.07, 6.45) is -0.329. The summed E-state index contributed by atoms with van der Waals surface area (Å²) in [6.45, 7) is 1.42. The van der Waals surface area contributed by atoms with Gasteiger partial charge in [-0.2, -0.15) is 18.4 Å². The van der Waals surface area contributed by atoms with Crippen molar-refractivity contribution >= 4 is 34.1 Å². The first kappa shape index (κ1) is 24.0. The number of carbonyl (C=O) groups excluding carboxylic acids is 1. The average Bonchev–Trinajstić information content (AvgIpc) is 3.64. The molecule has 2 fully saturated rings. The summed E-state index contributed by atoms with van der Waals surface area (Å²) in [7, 11) is 0. The maximum absolute atomic E-state index is 13.7. The standard InChI is InChI=1S/C25H23ClF3N7O/c26-16-3-4-20-18(9-16)22(15(10-30)11-31-20)34-6-5-17(19(12-34)14-1-2-14)23(37)35-7-8-36-21(13-35)32-33-24(36)25(27,28)29/h3-4,9,11,14,17,19H,1-2,5-8,12-13H2/t17-,19?/m1/s1. The maximum atomic E-state index is 13.7. The molecular weight excluding hydrogens is 507 g/mol. The van der Waals surface area contributed by atoms with E-state index in [0.29, 0.717) is 36.0 Å². The van der Waals surface area contributed by atoms with Crippen molar-refractivity contribution in [2.75, 3.05) is 24.5 Å². The fraction of sp³-hybridized carbons (Fsp3) is 0.480. The number of amides is 1. The predicted octanol–water partition coefficient (Wildman–Crippen LogP) is 4.27. The number of rotatable bonds is 3. The quantitative estimate of drug-likeness (QED) is 0.503. The SMILES string of the molecule is N#Cc1cnc2ccc(Cl)cc2c1N1CC[C@@H](C(=O)N2CCn3c(nnc3C(F)(F)F)C2)C(C2CC2)C1. The second-order valence-corrected chi connectivity index (χ2v) is 10.4. The molecular formula is C25H23ClF3N7O. The lowest BCUT2D eigenvalue weighted by atomic mass is 9.80. The van der Waals surface area contributed by atoms with E-state index in [0.717, 1.165) is 34.0 Å². The van der Waals surface area contributed by atoms with Crippen molar-refractivity contribution in [3.63, 3.8) is 0 Å². The summed E-state index contributed by atoms with van der Waals surface area (Å²) in [6, 6.07) is 7.67. The van der Waals surface area contributed by atoms with Crippen LogP contribution in [0, 0.1) is 29.1 Å². The number of aromatic nitrogens is 4. The number of alkyl halides is 3. The average molecular weight is 530 g/mol. The highest BCUT2D eigenvalue weighted by atomic mass is 35.5. The molecule has 3 aromatic rings. The highest BCUT2D eigenvalue weighted by Crippen LogP contribution is 2.46. The van der Waals surface area contributed by atoms with Crippen LogP contribution in [-0.4, -0.2) is 50.2 Å². The van der Waals surface area contributed by atoms with Gasteiger partial charge in [0.2, 0.25) is 11.7 Å². The molecule has 4 heterocycles. The van der Waals surface area contributed by atoms with E-state index >= 15 is 0 Å². The molecule has 6 rings (SSSR count). The van der Waals surface area contributed by atoms with Crippen molar-refractivity contribution < 1.29 is 18.0 Å². The van der Waals surface area contributed by atoms with Crippen LogP contribution in [0.3, 0.4) is 0 Å². The number of halogens is 4. The number of nitrogens with zero attached hydrogens (tertiary/aromatic N) is 7. The van der Waals surface area contributed by atoms with Gasteiger partial charge in [-0.1, -0.05) is 11.6 Å². The van der Waals surface area contributed by atoms with E-state index < -0.39 is 12.0 Å². The Hall–Kier alpha value is -3.39. The third-order valence-electron chi connectivity index (χ3n) is 7.76. The number of fused-ring (bicyclic) bond motifs is 2. The van der Waals surface area contributed by atoms with E-state index in [1.54, 1.807) is 17.2 Å². The number of hydrogen-bond acceptors (Lipinski definition) is 6. The number of pyridine rings is 1.